The number of carbonyl (C=O) groups excluding carboxylic acids is 2. The molecule has 0 radical (unpaired) electrons. The number of aromatic nitrogens is 2. The van der Waals surface area contributed by atoms with E-state index < -0.39 is 47.1 Å². The molecule has 7 nitrogen and oxygen atoms in total. The van der Waals surface area contributed by atoms with Gasteiger partial charge in [0.15, 0.2) is 5.69 Å². The third kappa shape index (κ3) is 6.02. The van der Waals surface area contributed by atoms with Crippen molar-refractivity contribution >= 4 is 17.7 Å². The Hall–Kier alpha value is -4.03. The normalized spacial score (nSPS) is 14.5. The number of aryl methyl sites for hydroxylation is 1. The smallest absolute Gasteiger partial charge is 0.436 e. The second-order valence-electron chi connectivity index (χ2n) is 9.05. The Kier molecular flexibility index (Phi) is 7.62. The lowest BCUT2D eigenvalue weighted by molar-refractivity contribution is -0.142. The van der Waals surface area contributed by atoms with Gasteiger partial charge in [0.25, 0.3) is 5.91 Å². The number of hydrogen-bond acceptors (Lipinski definition) is 5. The molecule has 13 heteroatoms. The standard InChI is InChI=1S/C26H24F6N4O3/c1-15(17-6-8-18(9-7-17)24(38)39-2)33-22(37)20-21(26(30,31)32)34-36-13-3-12-35(23(20)36)14-16-4-10-19(11-5-16)25(27,28)29/h4-11,15H,3,12-14H2,1-2H3,(H,33,37)/t15-/m0/s1. The number of amides is 1. The molecule has 0 unspecified atom stereocenters. The summed E-state index contributed by atoms with van der Waals surface area (Å²) >= 11 is 0. The van der Waals surface area contributed by atoms with Crippen LogP contribution < -0.4 is 10.2 Å². The van der Waals surface area contributed by atoms with Crippen LogP contribution in [-0.2, 0) is 30.2 Å². The molecule has 1 aliphatic rings. The maximum atomic E-state index is 14.0. The van der Waals surface area contributed by atoms with E-state index in [1.807, 2.05) is 0 Å². The Morgan fingerprint density at radius 3 is 2.18 bits per heavy atom. The van der Waals surface area contributed by atoms with Crippen LogP contribution in [0.5, 0.6) is 0 Å². The van der Waals surface area contributed by atoms with Crippen molar-refractivity contribution in [1.82, 2.24) is 15.1 Å². The Balaban J connectivity index is 1.64. The molecule has 1 aliphatic heterocycles. The van der Waals surface area contributed by atoms with E-state index in [1.165, 1.54) is 36.3 Å². The summed E-state index contributed by atoms with van der Waals surface area (Å²) in [7, 11) is 1.23. The fourth-order valence-electron chi connectivity index (χ4n) is 4.41. The second kappa shape index (κ2) is 10.6. The molecule has 4 rings (SSSR count). The van der Waals surface area contributed by atoms with Crippen molar-refractivity contribution in [3.63, 3.8) is 0 Å². The van der Waals surface area contributed by atoms with Crippen molar-refractivity contribution in [1.29, 1.82) is 0 Å². The monoisotopic (exact) mass is 554 g/mol. The third-order valence-corrected chi connectivity index (χ3v) is 6.35. The van der Waals surface area contributed by atoms with Crippen LogP contribution in [0.15, 0.2) is 48.5 Å². The Morgan fingerprint density at radius 2 is 1.62 bits per heavy atom. The van der Waals surface area contributed by atoms with Gasteiger partial charge in [0.05, 0.1) is 24.3 Å². The first-order chi connectivity index (χ1) is 18.3. The van der Waals surface area contributed by atoms with E-state index in [0.29, 0.717) is 17.5 Å². The number of anilines is 1. The number of halogens is 6. The molecule has 0 bridgehead atoms. The molecular weight excluding hydrogens is 530 g/mol. The Bertz CT molecular complexity index is 1350. The van der Waals surface area contributed by atoms with E-state index >= 15 is 0 Å². The molecular formula is C26H24F6N4O3. The van der Waals surface area contributed by atoms with E-state index in [2.05, 4.69) is 15.2 Å². The predicted octanol–water partition coefficient (Wildman–Crippen LogP) is 5.61. The zero-order chi connectivity index (χ0) is 28.5. The number of esters is 1. The van der Waals surface area contributed by atoms with Gasteiger partial charge < -0.3 is 15.0 Å². The number of ether oxygens (including phenoxy) is 1. The lowest BCUT2D eigenvalue weighted by atomic mass is 10.0. The number of nitrogens with one attached hydrogen (secondary N) is 1. The van der Waals surface area contributed by atoms with E-state index in [-0.39, 0.29) is 31.0 Å². The van der Waals surface area contributed by atoms with E-state index in [1.54, 1.807) is 19.1 Å². The first-order valence-electron chi connectivity index (χ1n) is 11.9. The van der Waals surface area contributed by atoms with Crippen molar-refractivity contribution in [3.05, 3.63) is 82.0 Å². The number of nitrogens with zero attached hydrogens (tertiary/aromatic N) is 3. The average molecular weight is 554 g/mol. The van der Waals surface area contributed by atoms with Gasteiger partial charge in [0.2, 0.25) is 0 Å². The maximum absolute atomic E-state index is 14.0. The van der Waals surface area contributed by atoms with Gasteiger partial charge in [0.1, 0.15) is 11.4 Å². The molecule has 0 saturated carbocycles. The van der Waals surface area contributed by atoms with Gasteiger partial charge in [-0.2, -0.15) is 31.4 Å². The number of rotatable bonds is 6. The van der Waals surface area contributed by atoms with Gasteiger partial charge in [0, 0.05) is 19.6 Å². The fourth-order valence-corrected chi connectivity index (χ4v) is 4.41. The minimum atomic E-state index is -4.93. The lowest BCUT2D eigenvalue weighted by Crippen LogP contribution is -2.35. The molecule has 2 aromatic carbocycles. The summed E-state index contributed by atoms with van der Waals surface area (Å²) in [5, 5.41) is 6.26. The molecule has 39 heavy (non-hydrogen) atoms. The molecule has 3 aromatic rings. The summed E-state index contributed by atoms with van der Waals surface area (Å²) in [5.74, 6) is -1.63. The minimum absolute atomic E-state index is 0.0219. The van der Waals surface area contributed by atoms with Crippen LogP contribution in [0, 0.1) is 0 Å². The molecule has 1 amide bonds. The van der Waals surface area contributed by atoms with Crippen molar-refractivity contribution < 1.29 is 40.7 Å². The van der Waals surface area contributed by atoms with Gasteiger partial charge >= 0.3 is 18.3 Å². The first kappa shape index (κ1) is 28.0. The Morgan fingerprint density at radius 1 is 0.974 bits per heavy atom. The van der Waals surface area contributed by atoms with Crippen molar-refractivity contribution in [2.75, 3.05) is 18.6 Å². The molecule has 0 aliphatic carbocycles. The predicted molar refractivity (Wildman–Crippen MR) is 128 cm³/mol. The second-order valence-corrected chi connectivity index (χ2v) is 9.05. The average Bonchev–Trinajstić information content (AvgIpc) is 3.30. The van der Waals surface area contributed by atoms with Crippen molar-refractivity contribution in [2.45, 2.75) is 44.8 Å². The molecule has 1 aromatic heterocycles. The zero-order valence-corrected chi connectivity index (χ0v) is 20.9. The van der Waals surface area contributed by atoms with Gasteiger partial charge in [-0.3, -0.25) is 4.79 Å². The highest BCUT2D eigenvalue weighted by Crippen LogP contribution is 2.38. The molecule has 0 fully saturated rings. The summed E-state index contributed by atoms with van der Waals surface area (Å²) in [6.45, 7) is 1.97. The minimum Gasteiger partial charge on any atom is -0.465 e. The van der Waals surface area contributed by atoms with Crippen LogP contribution in [0.1, 0.15) is 62.5 Å². The van der Waals surface area contributed by atoms with Gasteiger partial charge in [-0.15, -0.1) is 0 Å². The SMILES string of the molecule is COC(=O)c1ccc([C@H](C)NC(=O)c2c(C(F)(F)F)nn3c2N(Cc2ccc(C(F)(F)F)cc2)CCC3)cc1. The van der Waals surface area contributed by atoms with Crippen LogP contribution in [0.3, 0.4) is 0 Å². The van der Waals surface area contributed by atoms with Crippen LogP contribution in [-0.4, -0.2) is 35.3 Å². The molecule has 1 atom stereocenters. The Labute approximate surface area is 219 Å². The van der Waals surface area contributed by atoms with Crippen molar-refractivity contribution in [3.8, 4) is 0 Å². The van der Waals surface area contributed by atoms with E-state index in [9.17, 15) is 35.9 Å². The largest absolute Gasteiger partial charge is 0.465 e. The van der Waals surface area contributed by atoms with E-state index in [0.717, 1.165) is 16.8 Å². The summed E-state index contributed by atoms with van der Waals surface area (Å²) in [6, 6.07) is 9.62. The topological polar surface area (TPSA) is 76.5 Å². The first-order valence-corrected chi connectivity index (χ1v) is 11.9. The quantitative estimate of drug-likeness (QED) is 0.317. The molecule has 0 saturated heterocycles. The van der Waals surface area contributed by atoms with Crippen molar-refractivity contribution in [2.24, 2.45) is 0 Å². The van der Waals surface area contributed by atoms with Crippen LogP contribution in [0.4, 0.5) is 32.2 Å². The van der Waals surface area contributed by atoms with Crippen LogP contribution >= 0.6 is 0 Å². The van der Waals surface area contributed by atoms with Gasteiger partial charge in [-0.25, -0.2) is 9.48 Å². The molecule has 0 spiro atoms. The summed E-state index contributed by atoms with van der Waals surface area (Å²) in [4.78, 5) is 26.5. The molecule has 2 heterocycles. The number of carbonyl (C=O) groups is 2. The summed E-state index contributed by atoms with van der Waals surface area (Å²) < 4.78 is 86.5. The number of alkyl halides is 6. The fraction of sp³-hybridized carbons (Fsp3) is 0.346. The lowest BCUT2D eigenvalue weighted by Gasteiger charge is -2.30. The third-order valence-electron chi connectivity index (χ3n) is 6.35. The van der Waals surface area contributed by atoms with Crippen LogP contribution in [0.25, 0.3) is 0 Å². The number of fused-ring (bicyclic) bond motifs is 1. The summed E-state index contributed by atoms with van der Waals surface area (Å²) in [5.41, 5.74) is -1.62. The maximum Gasteiger partial charge on any atom is 0.436 e. The molecule has 208 valence electrons. The number of hydrogen-bond donors (Lipinski definition) is 1. The highest BCUT2D eigenvalue weighted by Gasteiger charge is 2.43. The van der Waals surface area contributed by atoms with E-state index in [4.69, 9.17) is 0 Å². The molecule has 1 N–H and O–H groups in total. The van der Waals surface area contributed by atoms with Gasteiger partial charge in [-0.1, -0.05) is 24.3 Å². The number of benzene rings is 2. The van der Waals surface area contributed by atoms with Gasteiger partial charge in [-0.05, 0) is 48.7 Å². The highest BCUT2D eigenvalue weighted by atomic mass is 19.4. The summed E-state index contributed by atoms with van der Waals surface area (Å²) in [6.07, 6.45) is -9.02. The van der Waals surface area contributed by atoms with Crippen LogP contribution in [0.2, 0.25) is 0 Å². The number of methoxy groups -OCH3 is 1. The highest BCUT2D eigenvalue weighted by molar-refractivity contribution is 6.01. The zero-order valence-electron chi connectivity index (χ0n) is 20.9.